The molecular weight excluding hydrogens is 350 g/mol. The summed E-state index contributed by atoms with van der Waals surface area (Å²) in [6.07, 6.45) is 7.07. The van der Waals surface area contributed by atoms with Crippen LogP contribution in [0.15, 0.2) is 23.1 Å². The third-order valence-corrected chi connectivity index (χ3v) is 7.85. The van der Waals surface area contributed by atoms with Gasteiger partial charge in [0.05, 0.1) is 4.90 Å². The summed E-state index contributed by atoms with van der Waals surface area (Å²) in [7, 11) is -3.47. The first-order chi connectivity index (χ1) is 12.5. The molecule has 26 heavy (non-hydrogen) atoms. The van der Waals surface area contributed by atoms with Crippen LogP contribution in [0.5, 0.6) is 0 Å². The minimum atomic E-state index is -3.47. The van der Waals surface area contributed by atoms with E-state index in [-0.39, 0.29) is 5.91 Å². The lowest BCUT2D eigenvalue weighted by Crippen LogP contribution is -2.51. The number of benzene rings is 1. The Balaban J connectivity index is 1.48. The molecule has 3 aliphatic rings. The first-order valence-electron chi connectivity index (χ1n) is 9.71. The Labute approximate surface area is 155 Å². The van der Waals surface area contributed by atoms with Crippen molar-refractivity contribution >= 4 is 21.6 Å². The highest BCUT2D eigenvalue weighted by Gasteiger charge is 2.32. The van der Waals surface area contributed by atoms with Crippen molar-refractivity contribution in [2.45, 2.75) is 55.9 Å². The molecule has 1 aromatic rings. The minimum absolute atomic E-state index is 0.00221. The molecule has 2 heterocycles. The van der Waals surface area contributed by atoms with E-state index in [1.54, 1.807) is 22.5 Å². The normalized spacial score (nSPS) is 23.5. The number of amides is 1. The van der Waals surface area contributed by atoms with E-state index in [2.05, 4.69) is 10.2 Å². The third-order valence-electron chi connectivity index (χ3n) is 5.95. The summed E-state index contributed by atoms with van der Waals surface area (Å²) in [4.78, 5) is 14.5. The second-order valence-electron chi connectivity index (χ2n) is 7.60. The summed E-state index contributed by atoms with van der Waals surface area (Å²) in [5.74, 6) is 0.00221. The van der Waals surface area contributed by atoms with E-state index in [0.717, 1.165) is 37.2 Å². The topological polar surface area (TPSA) is 69.7 Å². The summed E-state index contributed by atoms with van der Waals surface area (Å²) in [6, 6.07) is 5.76. The van der Waals surface area contributed by atoms with Crippen LogP contribution in [0.1, 0.15) is 44.1 Å². The van der Waals surface area contributed by atoms with Gasteiger partial charge in [0.1, 0.15) is 0 Å². The first kappa shape index (κ1) is 17.9. The number of nitrogens with one attached hydrogen (secondary N) is 1. The Hall–Kier alpha value is -1.44. The van der Waals surface area contributed by atoms with E-state index in [1.165, 1.54) is 25.7 Å². The average Bonchev–Trinajstić information content (AvgIpc) is 3.11. The molecule has 0 radical (unpaired) electrons. The number of fused-ring (bicyclic) bond motifs is 1. The molecule has 1 amide bonds. The smallest absolute Gasteiger partial charge is 0.243 e. The zero-order valence-corrected chi connectivity index (χ0v) is 15.9. The van der Waals surface area contributed by atoms with Gasteiger partial charge in [0.25, 0.3) is 0 Å². The van der Waals surface area contributed by atoms with Gasteiger partial charge in [-0.25, -0.2) is 8.42 Å². The molecule has 0 bridgehead atoms. The van der Waals surface area contributed by atoms with Gasteiger partial charge in [-0.2, -0.15) is 4.31 Å². The fraction of sp³-hybridized carbons (Fsp3) is 0.632. The summed E-state index contributed by atoms with van der Waals surface area (Å²) < 4.78 is 27.8. The molecular formula is C19H27N3O3S. The minimum Gasteiger partial charge on any atom is -0.326 e. The van der Waals surface area contributed by atoms with Crippen LogP contribution in [0.25, 0.3) is 0 Å². The van der Waals surface area contributed by atoms with Crippen molar-refractivity contribution < 1.29 is 13.2 Å². The van der Waals surface area contributed by atoms with E-state index in [0.29, 0.717) is 30.4 Å². The second-order valence-corrected chi connectivity index (χ2v) is 9.54. The Kier molecular flexibility index (Phi) is 5.03. The lowest BCUT2D eigenvalue weighted by Gasteiger charge is -2.37. The standard InChI is InChI=1S/C19H27N3O3S/c23-19-7-3-4-15-14-17(8-9-18(15)20-19)26(24,25)22-12-10-21(11-13-22)16-5-1-2-6-16/h8-9,14,16H,1-7,10-13H2,(H,20,23). The van der Waals surface area contributed by atoms with Crippen LogP contribution in [0, 0.1) is 0 Å². The van der Waals surface area contributed by atoms with E-state index >= 15 is 0 Å². The summed E-state index contributed by atoms with van der Waals surface area (Å²) >= 11 is 0. The second kappa shape index (κ2) is 7.29. The van der Waals surface area contributed by atoms with Crippen molar-refractivity contribution in [3.63, 3.8) is 0 Å². The van der Waals surface area contributed by atoms with Crippen molar-refractivity contribution in [3.05, 3.63) is 23.8 Å². The molecule has 0 atom stereocenters. The number of anilines is 1. The van der Waals surface area contributed by atoms with Gasteiger partial charge in [0.15, 0.2) is 0 Å². The molecule has 0 spiro atoms. The monoisotopic (exact) mass is 377 g/mol. The maximum atomic E-state index is 13.1. The number of nitrogens with zero attached hydrogens (tertiary/aromatic N) is 2. The summed E-state index contributed by atoms with van der Waals surface area (Å²) in [6.45, 7) is 2.77. The first-order valence-corrected chi connectivity index (χ1v) is 11.1. The van der Waals surface area contributed by atoms with E-state index in [1.807, 2.05) is 0 Å². The van der Waals surface area contributed by atoms with Crippen molar-refractivity contribution in [2.75, 3.05) is 31.5 Å². The zero-order chi connectivity index (χ0) is 18.1. The number of rotatable bonds is 3. The highest BCUT2D eigenvalue weighted by Crippen LogP contribution is 2.28. The fourth-order valence-electron chi connectivity index (χ4n) is 4.44. The molecule has 0 unspecified atom stereocenters. The molecule has 1 N–H and O–H groups in total. The number of sulfonamides is 1. The van der Waals surface area contributed by atoms with Crippen molar-refractivity contribution in [2.24, 2.45) is 0 Å². The fourth-order valence-corrected chi connectivity index (χ4v) is 5.91. The van der Waals surface area contributed by atoms with Gasteiger partial charge in [0, 0.05) is 44.3 Å². The predicted octanol–water partition coefficient (Wildman–Crippen LogP) is 2.21. The van der Waals surface area contributed by atoms with Crippen LogP contribution in [0.3, 0.4) is 0 Å². The van der Waals surface area contributed by atoms with Crippen LogP contribution >= 0.6 is 0 Å². The van der Waals surface area contributed by atoms with E-state index < -0.39 is 10.0 Å². The van der Waals surface area contributed by atoms with Gasteiger partial charge in [-0.05, 0) is 49.4 Å². The van der Waals surface area contributed by atoms with E-state index in [4.69, 9.17) is 0 Å². The Morgan fingerprint density at radius 2 is 1.69 bits per heavy atom. The van der Waals surface area contributed by atoms with Gasteiger partial charge in [-0.15, -0.1) is 0 Å². The Morgan fingerprint density at radius 3 is 2.42 bits per heavy atom. The molecule has 1 saturated heterocycles. The van der Waals surface area contributed by atoms with Crippen molar-refractivity contribution in [3.8, 4) is 0 Å². The molecule has 4 rings (SSSR count). The van der Waals surface area contributed by atoms with Crippen LogP contribution in [-0.4, -0.2) is 55.8 Å². The largest absolute Gasteiger partial charge is 0.326 e. The predicted molar refractivity (Wildman–Crippen MR) is 101 cm³/mol. The Morgan fingerprint density at radius 1 is 0.962 bits per heavy atom. The molecule has 6 nitrogen and oxygen atoms in total. The molecule has 142 valence electrons. The number of hydrogen-bond acceptors (Lipinski definition) is 4. The molecule has 7 heteroatoms. The quantitative estimate of drug-likeness (QED) is 0.877. The van der Waals surface area contributed by atoms with Crippen molar-refractivity contribution in [1.29, 1.82) is 0 Å². The molecule has 2 fully saturated rings. The van der Waals surface area contributed by atoms with Crippen molar-refractivity contribution in [1.82, 2.24) is 9.21 Å². The third kappa shape index (κ3) is 3.52. The summed E-state index contributed by atoms with van der Waals surface area (Å²) in [5.41, 5.74) is 1.67. The maximum Gasteiger partial charge on any atom is 0.243 e. The number of hydrogen-bond donors (Lipinski definition) is 1. The highest BCUT2D eigenvalue weighted by molar-refractivity contribution is 7.89. The number of carbonyl (C=O) groups is 1. The van der Waals surface area contributed by atoms with Gasteiger partial charge >= 0.3 is 0 Å². The van der Waals surface area contributed by atoms with E-state index in [9.17, 15) is 13.2 Å². The molecule has 1 saturated carbocycles. The van der Waals surface area contributed by atoms with Gasteiger partial charge < -0.3 is 5.32 Å². The molecule has 0 aromatic heterocycles. The number of aryl methyl sites for hydroxylation is 1. The molecule has 1 aliphatic carbocycles. The van der Waals surface area contributed by atoms with Crippen LogP contribution < -0.4 is 5.32 Å². The van der Waals surface area contributed by atoms with Crippen LogP contribution in [-0.2, 0) is 21.2 Å². The lowest BCUT2D eigenvalue weighted by molar-refractivity contribution is -0.116. The molecule has 1 aromatic carbocycles. The van der Waals surface area contributed by atoms with Gasteiger partial charge in [-0.1, -0.05) is 12.8 Å². The lowest BCUT2D eigenvalue weighted by atomic mass is 10.1. The van der Waals surface area contributed by atoms with Crippen LogP contribution in [0.2, 0.25) is 0 Å². The number of carbonyl (C=O) groups excluding carboxylic acids is 1. The zero-order valence-electron chi connectivity index (χ0n) is 15.1. The summed E-state index contributed by atoms with van der Waals surface area (Å²) in [5, 5.41) is 2.86. The SMILES string of the molecule is O=C1CCCc2cc(S(=O)(=O)N3CCN(C4CCCC4)CC3)ccc2N1. The van der Waals surface area contributed by atoms with Gasteiger partial charge in [0.2, 0.25) is 15.9 Å². The number of piperazine rings is 1. The average molecular weight is 378 g/mol. The highest BCUT2D eigenvalue weighted by atomic mass is 32.2. The maximum absolute atomic E-state index is 13.1. The molecule has 2 aliphatic heterocycles. The Bertz CT molecular complexity index is 779. The van der Waals surface area contributed by atoms with Gasteiger partial charge in [-0.3, -0.25) is 9.69 Å². The van der Waals surface area contributed by atoms with Crippen LogP contribution in [0.4, 0.5) is 5.69 Å².